The standard InChI is InChI=1S/C17H31NO3/c1-11-10-21-12(2)9-18(11)15-8-13(17(3,4)5)6-7-14(15)16(19)20/h11-15H,6-10H2,1-5H3,(H,19,20). The molecule has 1 saturated heterocycles. The van der Waals surface area contributed by atoms with Gasteiger partial charge in [-0.2, -0.15) is 0 Å². The smallest absolute Gasteiger partial charge is 0.308 e. The molecule has 0 aromatic carbocycles. The van der Waals surface area contributed by atoms with E-state index in [2.05, 4.69) is 39.5 Å². The van der Waals surface area contributed by atoms with Crippen molar-refractivity contribution in [2.75, 3.05) is 13.2 Å². The number of hydrogen-bond acceptors (Lipinski definition) is 3. The molecule has 1 aliphatic carbocycles. The molecule has 4 nitrogen and oxygen atoms in total. The molecule has 21 heavy (non-hydrogen) atoms. The average Bonchev–Trinajstić information content (AvgIpc) is 2.39. The molecule has 1 saturated carbocycles. The van der Waals surface area contributed by atoms with Gasteiger partial charge in [-0.3, -0.25) is 9.69 Å². The Morgan fingerprint density at radius 1 is 1.24 bits per heavy atom. The lowest BCUT2D eigenvalue weighted by atomic mass is 9.67. The summed E-state index contributed by atoms with van der Waals surface area (Å²) in [5, 5.41) is 9.62. The van der Waals surface area contributed by atoms with Crippen LogP contribution in [0.4, 0.5) is 0 Å². The molecule has 2 fully saturated rings. The van der Waals surface area contributed by atoms with Gasteiger partial charge in [-0.05, 0) is 44.4 Å². The Labute approximate surface area is 128 Å². The maximum absolute atomic E-state index is 11.7. The fourth-order valence-corrected chi connectivity index (χ4v) is 3.98. The number of carbonyl (C=O) groups is 1. The Morgan fingerprint density at radius 2 is 1.90 bits per heavy atom. The SMILES string of the molecule is CC1CN(C2CC(C(C)(C)C)CCC2C(=O)O)C(C)CO1. The Balaban J connectivity index is 2.19. The number of ether oxygens (including phenoxy) is 1. The van der Waals surface area contributed by atoms with Gasteiger partial charge in [0, 0.05) is 18.6 Å². The number of carboxylic acid groups (broad SMARTS) is 1. The Kier molecular flexibility index (Phi) is 4.99. The molecule has 2 aliphatic rings. The molecule has 122 valence electrons. The van der Waals surface area contributed by atoms with Crippen LogP contribution in [0.15, 0.2) is 0 Å². The summed E-state index contributed by atoms with van der Waals surface area (Å²) in [5.74, 6) is -0.251. The van der Waals surface area contributed by atoms with Gasteiger partial charge in [0.2, 0.25) is 0 Å². The van der Waals surface area contributed by atoms with Gasteiger partial charge in [-0.1, -0.05) is 20.8 Å². The van der Waals surface area contributed by atoms with E-state index in [1.165, 1.54) is 0 Å². The van der Waals surface area contributed by atoms with Crippen LogP contribution in [-0.2, 0) is 9.53 Å². The highest BCUT2D eigenvalue weighted by molar-refractivity contribution is 5.71. The molecule has 0 amide bonds. The van der Waals surface area contributed by atoms with Crippen LogP contribution in [0.25, 0.3) is 0 Å². The second kappa shape index (κ2) is 6.25. The van der Waals surface area contributed by atoms with E-state index in [1.807, 2.05) is 0 Å². The predicted octanol–water partition coefficient (Wildman–Crippen LogP) is 3.01. The van der Waals surface area contributed by atoms with E-state index in [1.54, 1.807) is 0 Å². The molecule has 5 unspecified atom stereocenters. The van der Waals surface area contributed by atoms with Crippen LogP contribution in [0.3, 0.4) is 0 Å². The molecule has 1 N–H and O–H groups in total. The van der Waals surface area contributed by atoms with E-state index in [-0.39, 0.29) is 23.5 Å². The predicted molar refractivity (Wildman–Crippen MR) is 83.3 cm³/mol. The monoisotopic (exact) mass is 297 g/mol. The minimum atomic E-state index is -0.626. The minimum absolute atomic E-state index is 0.154. The van der Waals surface area contributed by atoms with Gasteiger partial charge in [0.05, 0.1) is 18.6 Å². The third-order valence-electron chi connectivity index (χ3n) is 5.44. The lowest BCUT2D eigenvalue weighted by Gasteiger charge is -2.49. The van der Waals surface area contributed by atoms with Crippen LogP contribution in [-0.4, -0.2) is 47.3 Å². The van der Waals surface area contributed by atoms with Crippen molar-refractivity contribution < 1.29 is 14.6 Å². The van der Waals surface area contributed by atoms with E-state index >= 15 is 0 Å². The summed E-state index contributed by atoms with van der Waals surface area (Å²) in [6.45, 7) is 12.6. The van der Waals surface area contributed by atoms with Gasteiger partial charge < -0.3 is 9.84 Å². The van der Waals surface area contributed by atoms with Crippen LogP contribution in [0.5, 0.6) is 0 Å². The van der Waals surface area contributed by atoms with Crippen molar-refractivity contribution >= 4 is 5.97 Å². The summed E-state index contributed by atoms with van der Waals surface area (Å²) in [7, 11) is 0. The molecule has 5 atom stereocenters. The van der Waals surface area contributed by atoms with Gasteiger partial charge in [-0.15, -0.1) is 0 Å². The Hall–Kier alpha value is -0.610. The van der Waals surface area contributed by atoms with Crippen molar-refractivity contribution in [1.29, 1.82) is 0 Å². The van der Waals surface area contributed by atoms with Crippen molar-refractivity contribution in [3.05, 3.63) is 0 Å². The topological polar surface area (TPSA) is 49.8 Å². The highest BCUT2D eigenvalue weighted by Crippen LogP contribution is 2.42. The first-order chi connectivity index (χ1) is 9.70. The maximum atomic E-state index is 11.7. The van der Waals surface area contributed by atoms with Gasteiger partial charge in [-0.25, -0.2) is 0 Å². The molecule has 1 heterocycles. The van der Waals surface area contributed by atoms with Gasteiger partial charge in [0.25, 0.3) is 0 Å². The van der Waals surface area contributed by atoms with E-state index in [0.29, 0.717) is 18.6 Å². The minimum Gasteiger partial charge on any atom is -0.481 e. The second-order valence-electron chi connectivity index (χ2n) is 8.08. The summed E-state index contributed by atoms with van der Waals surface area (Å²) in [4.78, 5) is 14.1. The third kappa shape index (κ3) is 3.78. The van der Waals surface area contributed by atoms with E-state index in [0.717, 1.165) is 25.8 Å². The summed E-state index contributed by atoms with van der Waals surface area (Å²) in [6.07, 6.45) is 3.04. The zero-order valence-electron chi connectivity index (χ0n) is 14.1. The maximum Gasteiger partial charge on any atom is 0.308 e. The van der Waals surface area contributed by atoms with Crippen molar-refractivity contribution in [2.45, 2.75) is 72.1 Å². The lowest BCUT2D eigenvalue weighted by molar-refractivity contribution is -0.151. The number of nitrogens with zero attached hydrogens (tertiary/aromatic N) is 1. The molecular weight excluding hydrogens is 266 g/mol. The molecule has 0 aromatic rings. The van der Waals surface area contributed by atoms with Gasteiger partial charge in [0.15, 0.2) is 0 Å². The largest absolute Gasteiger partial charge is 0.481 e. The highest BCUT2D eigenvalue weighted by Gasteiger charge is 2.43. The van der Waals surface area contributed by atoms with Crippen LogP contribution in [0.1, 0.15) is 53.9 Å². The summed E-state index contributed by atoms with van der Waals surface area (Å²) in [5.41, 5.74) is 0.253. The molecule has 0 bridgehead atoms. The molecule has 0 radical (unpaired) electrons. The van der Waals surface area contributed by atoms with Crippen LogP contribution < -0.4 is 0 Å². The number of morpholine rings is 1. The third-order valence-corrected chi connectivity index (χ3v) is 5.44. The first-order valence-corrected chi connectivity index (χ1v) is 8.30. The average molecular weight is 297 g/mol. The van der Waals surface area contributed by atoms with Gasteiger partial charge in [0.1, 0.15) is 0 Å². The van der Waals surface area contributed by atoms with E-state index < -0.39 is 5.97 Å². The van der Waals surface area contributed by atoms with Gasteiger partial charge >= 0.3 is 5.97 Å². The second-order valence-corrected chi connectivity index (χ2v) is 8.08. The van der Waals surface area contributed by atoms with Crippen LogP contribution in [0.2, 0.25) is 0 Å². The van der Waals surface area contributed by atoms with E-state index in [9.17, 15) is 9.90 Å². The molecule has 4 heteroatoms. The zero-order valence-corrected chi connectivity index (χ0v) is 14.1. The van der Waals surface area contributed by atoms with Crippen molar-refractivity contribution in [3.63, 3.8) is 0 Å². The fraction of sp³-hybridized carbons (Fsp3) is 0.941. The number of hydrogen-bond donors (Lipinski definition) is 1. The fourth-order valence-electron chi connectivity index (χ4n) is 3.98. The number of carboxylic acids is 1. The van der Waals surface area contributed by atoms with Crippen LogP contribution >= 0.6 is 0 Å². The Bertz CT molecular complexity index is 377. The molecule has 1 aliphatic heterocycles. The normalized spacial score (nSPS) is 39.2. The summed E-state index contributed by atoms with van der Waals surface area (Å²) in [6, 6.07) is 0.466. The molecule has 2 rings (SSSR count). The number of rotatable bonds is 2. The molecule has 0 aromatic heterocycles. The van der Waals surface area contributed by atoms with Crippen molar-refractivity contribution in [3.8, 4) is 0 Å². The number of aliphatic carboxylic acids is 1. The lowest BCUT2D eigenvalue weighted by Crippen LogP contribution is -2.57. The summed E-state index contributed by atoms with van der Waals surface area (Å²) >= 11 is 0. The van der Waals surface area contributed by atoms with Crippen LogP contribution in [0, 0.1) is 17.3 Å². The molecule has 0 spiro atoms. The van der Waals surface area contributed by atoms with Crippen molar-refractivity contribution in [2.24, 2.45) is 17.3 Å². The highest BCUT2D eigenvalue weighted by atomic mass is 16.5. The van der Waals surface area contributed by atoms with Crippen molar-refractivity contribution in [1.82, 2.24) is 4.90 Å². The first kappa shape index (κ1) is 16.8. The zero-order chi connectivity index (χ0) is 15.8. The quantitative estimate of drug-likeness (QED) is 0.851. The summed E-state index contributed by atoms with van der Waals surface area (Å²) < 4.78 is 5.71. The Morgan fingerprint density at radius 3 is 2.48 bits per heavy atom. The van der Waals surface area contributed by atoms with E-state index in [4.69, 9.17) is 4.74 Å². The first-order valence-electron chi connectivity index (χ1n) is 8.30. The molecular formula is C17H31NO3.